The Labute approximate surface area is 134 Å². The maximum absolute atomic E-state index is 13.3. The standard InChI is InChI=1S/C15H12F2N2O3S/c16-9-4-3-8(6-10(9)17)13-18-11(7-23-13)14(20)19-5-1-2-12(19)15(21)22/h3-4,6-7,12H,1-2,5H2,(H,21,22)/t12-/m1/s1. The Bertz CT molecular complexity index is 778. The van der Waals surface area contributed by atoms with Crippen LogP contribution in [-0.4, -0.2) is 39.5 Å². The summed E-state index contributed by atoms with van der Waals surface area (Å²) in [6, 6.07) is 2.55. The quantitative estimate of drug-likeness (QED) is 0.934. The zero-order valence-electron chi connectivity index (χ0n) is 11.8. The number of hydrogen-bond donors (Lipinski definition) is 1. The number of carbonyl (C=O) groups excluding carboxylic acids is 1. The van der Waals surface area contributed by atoms with E-state index in [1.54, 1.807) is 0 Å². The number of rotatable bonds is 3. The first-order valence-corrected chi connectivity index (χ1v) is 7.80. The average Bonchev–Trinajstić information content (AvgIpc) is 3.18. The molecule has 2 heterocycles. The molecule has 0 aliphatic carbocycles. The lowest BCUT2D eigenvalue weighted by Gasteiger charge is -2.20. The van der Waals surface area contributed by atoms with E-state index in [0.717, 1.165) is 23.5 Å². The number of carbonyl (C=O) groups is 2. The Morgan fingerprint density at radius 2 is 2.09 bits per heavy atom. The zero-order valence-corrected chi connectivity index (χ0v) is 12.6. The highest BCUT2D eigenvalue weighted by Gasteiger charge is 2.35. The van der Waals surface area contributed by atoms with Crippen molar-refractivity contribution in [2.24, 2.45) is 0 Å². The predicted octanol–water partition coefficient (Wildman–Crippen LogP) is 2.78. The molecule has 1 fully saturated rings. The number of carboxylic acids is 1. The highest BCUT2D eigenvalue weighted by atomic mass is 32.1. The van der Waals surface area contributed by atoms with Gasteiger partial charge in [0.1, 0.15) is 16.7 Å². The maximum Gasteiger partial charge on any atom is 0.326 e. The number of thiazole rings is 1. The van der Waals surface area contributed by atoms with Gasteiger partial charge in [-0.05, 0) is 31.0 Å². The monoisotopic (exact) mass is 338 g/mol. The van der Waals surface area contributed by atoms with Crippen LogP contribution in [0.25, 0.3) is 10.6 Å². The van der Waals surface area contributed by atoms with E-state index in [1.807, 2.05) is 0 Å². The summed E-state index contributed by atoms with van der Waals surface area (Å²) in [6.45, 7) is 0.369. The Hall–Kier alpha value is -2.35. The SMILES string of the molecule is O=C(O)[C@H]1CCCN1C(=O)c1csc(-c2ccc(F)c(F)c2)n1. The van der Waals surface area contributed by atoms with Gasteiger partial charge in [-0.3, -0.25) is 4.79 Å². The fourth-order valence-electron chi connectivity index (χ4n) is 2.55. The summed E-state index contributed by atoms with van der Waals surface area (Å²) >= 11 is 1.12. The summed E-state index contributed by atoms with van der Waals surface area (Å²) in [6.07, 6.45) is 1.05. The van der Waals surface area contributed by atoms with Crippen molar-refractivity contribution in [3.05, 3.63) is 40.9 Å². The van der Waals surface area contributed by atoms with Crippen molar-refractivity contribution >= 4 is 23.2 Å². The third-order valence-electron chi connectivity index (χ3n) is 3.69. The zero-order chi connectivity index (χ0) is 16.6. The lowest BCUT2D eigenvalue weighted by molar-refractivity contribution is -0.141. The van der Waals surface area contributed by atoms with Gasteiger partial charge in [0.2, 0.25) is 0 Å². The van der Waals surface area contributed by atoms with E-state index in [1.165, 1.54) is 16.3 Å². The second-order valence-electron chi connectivity index (χ2n) is 5.16. The predicted molar refractivity (Wildman–Crippen MR) is 79.2 cm³/mol. The van der Waals surface area contributed by atoms with Crippen molar-refractivity contribution < 1.29 is 23.5 Å². The van der Waals surface area contributed by atoms with E-state index in [-0.39, 0.29) is 5.69 Å². The number of nitrogens with zero attached hydrogens (tertiary/aromatic N) is 2. The van der Waals surface area contributed by atoms with Crippen LogP contribution >= 0.6 is 11.3 Å². The Morgan fingerprint density at radius 1 is 1.30 bits per heavy atom. The molecule has 120 valence electrons. The van der Waals surface area contributed by atoms with Crippen molar-refractivity contribution in [3.63, 3.8) is 0 Å². The molecule has 1 saturated heterocycles. The molecule has 1 aromatic heterocycles. The number of amides is 1. The minimum atomic E-state index is -1.04. The van der Waals surface area contributed by atoms with Crippen molar-refractivity contribution in [2.45, 2.75) is 18.9 Å². The van der Waals surface area contributed by atoms with Gasteiger partial charge >= 0.3 is 5.97 Å². The number of carboxylic acid groups (broad SMARTS) is 1. The van der Waals surface area contributed by atoms with Crippen molar-refractivity contribution in [3.8, 4) is 10.6 Å². The number of hydrogen-bond acceptors (Lipinski definition) is 4. The van der Waals surface area contributed by atoms with Crippen LogP contribution in [0.4, 0.5) is 8.78 Å². The van der Waals surface area contributed by atoms with Crippen LogP contribution in [0, 0.1) is 11.6 Å². The summed E-state index contributed by atoms with van der Waals surface area (Å²) in [5.74, 6) is -3.44. The first-order chi connectivity index (χ1) is 11.0. The largest absolute Gasteiger partial charge is 0.480 e. The molecule has 23 heavy (non-hydrogen) atoms. The van der Waals surface area contributed by atoms with Gasteiger partial charge in [-0.1, -0.05) is 0 Å². The molecule has 8 heteroatoms. The maximum atomic E-state index is 13.3. The van der Waals surface area contributed by atoms with Crippen LogP contribution in [0.5, 0.6) is 0 Å². The number of halogens is 2. The van der Waals surface area contributed by atoms with E-state index in [4.69, 9.17) is 5.11 Å². The molecule has 0 bridgehead atoms. The third-order valence-corrected chi connectivity index (χ3v) is 4.58. The lowest BCUT2D eigenvalue weighted by atomic mass is 10.2. The summed E-state index contributed by atoms with van der Waals surface area (Å²) < 4.78 is 26.2. The van der Waals surface area contributed by atoms with E-state index in [0.29, 0.717) is 30.0 Å². The lowest BCUT2D eigenvalue weighted by Crippen LogP contribution is -2.40. The Balaban J connectivity index is 1.85. The minimum Gasteiger partial charge on any atom is -0.480 e. The molecule has 0 unspecified atom stereocenters. The molecule has 1 N–H and O–H groups in total. The highest BCUT2D eigenvalue weighted by molar-refractivity contribution is 7.13. The second-order valence-corrected chi connectivity index (χ2v) is 6.02. The molecule has 1 atom stereocenters. The topological polar surface area (TPSA) is 70.5 Å². The van der Waals surface area contributed by atoms with Crippen LogP contribution in [0.15, 0.2) is 23.6 Å². The molecule has 2 aromatic rings. The minimum absolute atomic E-state index is 0.114. The van der Waals surface area contributed by atoms with Gasteiger partial charge < -0.3 is 10.0 Å². The Kier molecular flexibility index (Phi) is 4.08. The van der Waals surface area contributed by atoms with Crippen LogP contribution in [0.1, 0.15) is 23.3 Å². The normalized spacial score (nSPS) is 17.5. The summed E-state index contributed by atoms with van der Waals surface area (Å²) in [7, 11) is 0. The first-order valence-electron chi connectivity index (χ1n) is 6.92. The summed E-state index contributed by atoms with van der Waals surface area (Å²) in [5.41, 5.74) is 0.479. The van der Waals surface area contributed by atoms with E-state index >= 15 is 0 Å². The van der Waals surface area contributed by atoms with Crippen molar-refractivity contribution in [1.82, 2.24) is 9.88 Å². The number of likely N-dealkylation sites (tertiary alicyclic amines) is 1. The fraction of sp³-hybridized carbons (Fsp3) is 0.267. The van der Waals surface area contributed by atoms with E-state index in [9.17, 15) is 18.4 Å². The van der Waals surface area contributed by atoms with Gasteiger partial charge in [0, 0.05) is 17.5 Å². The van der Waals surface area contributed by atoms with Gasteiger partial charge in [-0.2, -0.15) is 0 Å². The van der Waals surface area contributed by atoms with Gasteiger partial charge in [-0.25, -0.2) is 18.6 Å². The molecular formula is C15H12F2N2O3S. The fourth-order valence-corrected chi connectivity index (χ4v) is 3.34. The molecule has 5 nitrogen and oxygen atoms in total. The number of aliphatic carboxylic acids is 1. The molecule has 1 aliphatic heterocycles. The Morgan fingerprint density at radius 3 is 2.78 bits per heavy atom. The molecule has 0 saturated carbocycles. The van der Waals surface area contributed by atoms with Crippen LogP contribution in [0.3, 0.4) is 0 Å². The molecule has 1 aliphatic rings. The first kappa shape index (κ1) is 15.5. The summed E-state index contributed by atoms with van der Waals surface area (Å²) in [5, 5.41) is 11.0. The summed E-state index contributed by atoms with van der Waals surface area (Å²) in [4.78, 5) is 29.0. The third kappa shape index (κ3) is 2.94. The van der Waals surface area contributed by atoms with Crippen LogP contribution < -0.4 is 0 Å². The van der Waals surface area contributed by atoms with Gasteiger partial charge in [-0.15, -0.1) is 11.3 Å². The molecule has 0 spiro atoms. The smallest absolute Gasteiger partial charge is 0.326 e. The number of benzene rings is 1. The van der Waals surface area contributed by atoms with Crippen LogP contribution in [-0.2, 0) is 4.79 Å². The molecule has 1 amide bonds. The molecule has 1 aromatic carbocycles. The molecular weight excluding hydrogens is 326 g/mol. The van der Waals surface area contributed by atoms with Crippen molar-refractivity contribution in [1.29, 1.82) is 0 Å². The number of aromatic nitrogens is 1. The second kappa shape index (κ2) is 6.04. The van der Waals surface area contributed by atoms with E-state index < -0.39 is 29.6 Å². The van der Waals surface area contributed by atoms with Gasteiger partial charge in [0.05, 0.1) is 0 Å². The van der Waals surface area contributed by atoms with Gasteiger partial charge in [0.15, 0.2) is 11.6 Å². The average molecular weight is 338 g/mol. The molecule has 3 rings (SSSR count). The van der Waals surface area contributed by atoms with Gasteiger partial charge in [0.25, 0.3) is 5.91 Å². The van der Waals surface area contributed by atoms with E-state index in [2.05, 4.69) is 4.98 Å². The molecule has 0 radical (unpaired) electrons. The highest BCUT2D eigenvalue weighted by Crippen LogP contribution is 2.27. The van der Waals surface area contributed by atoms with Crippen molar-refractivity contribution in [2.75, 3.05) is 6.54 Å². The van der Waals surface area contributed by atoms with Crippen LogP contribution in [0.2, 0.25) is 0 Å².